The molecule has 0 atom stereocenters. The molecule has 1 amide bonds. The lowest BCUT2D eigenvalue weighted by Gasteiger charge is -2.10. The van der Waals surface area contributed by atoms with Crippen molar-refractivity contribution in [2.45, 2.75) is 20.3 Å². The fourth-order valence-electron chi connectivity index (χ4n) is 2.20. The maximum Gasteiger partial charge on any atom is 0.310 e. The molecule has 0 saturated carbocycles. The van der Waals surface area contributed by atoms with Crippen LogP contribution in [0.1, 0.15) is 18.1 Å². The number of aryl methyl sites for hydroxylation is 1. The number of esters is 1. The SMILES string of the molecule is CCOc1ccc(CC(=O)OCC(=O)Nc2c(C)cccc2Cl)cc1. The Morgan fingerprint density at radius 1 is 1.12 bits per heavy atom. The van der Waals surface area contributed by atoms with E-state index in [-0.39, 0.29) is 13.0 Å². The summed E-state index contributed by atoms with van der Waals surface area (Å²) in [6.45, 7) is 3.96. The lowest BCUT2D eigenvalue weighted by atomic mass is 10.1. The summed E-state index contributed by atoms with van der Waals surface area (Å²) in [5, 5.41) is 3.09. The highest BCUT2D eigenvalue weighted by atomic mass is 35.5. The minimum absolute atomic E-state index is 0.0881. The first-order valence-corrected chi connectivity index (χ1v) is 8.29. The Balaban J connectivity index is 1.82. The number of carbonyl (C=O) groups excluding carboxylic acids is 2. The molecule has 0 aromatic heterocycles. The number of anilines is 1. The van der Waals surface area contributed by atoms with Crippen molar-refractivity contribution in [3.63, 3.8) is 0 Å². The average Bonchev–Trinajstić information content (AvgIpc) is 2.58. The van der Waals surface area contributed by atoms with Crippen LogP contribution in [0, 0.1) is 6.92 Å². The molecule has 2 aromatic carbocycles. The maximum absolute atomic E-state index is 11.9. The van der Waals surface area contributed by atoms with Gasteiger partial charge in [0, 0.05) is 0 Å². The third-order valence-corrected chi connectivity index (χ3v) is 3.75. The number of halogens is 1. The Morgan fingerprint density at radius 2 is 1.84 bits per heavy atom. The number of nitrogens with one attached hydrogen (secondary N) is 1. The van der Waals surface area contributed by atoms with Crippen LogP contribution in [0.5, 0.6) is 5.75 Å². The monoisotopic (exact) mass is 361 g/mol. The van der Waals surface area contributed by atoms with E-state index in [9.17, 15) is 9.59 Å². The smallest absolute Gasteiger partial charge is 0.310 e. The van der Waals surface area contributed by atoms with Gasteiger partial charge in [-0.1, -0.05) is 35.9 Å². The topological polar surface area (TPSA) is 64.6 Å². The van der Waals surface area contributed by atoms with Crippen molar-refractivity contribution in [2.75, 3.05) is 18.5 Å². The highest BCUT2D eigenvalue weighted by Gasteiger charge is 2.11. The quantitative estimate of drug-likeness (QED) is 0.762. The van der Waals surface area contributed by atoms with E-state index >= 15 is 0 Å². The Kier molecular flexibility index (Phi) is 6.83. The van der Waals surface area contributed by atoms with Crippen LogP contribution in [0.3, 0.4) is 0 Å². The molecule has 132 valence electrons. The number of carbonyl (C=O) groups is 2. The fraction of sp³-hybridized carbons (Fsp3) is 0.263. The van der Waals surface area contributed by atoms with E-state index in [4.69, 9.17) is 21.1 Å². The normalized spacial score (nSPS) is 10.2. The fourth-order valence-corrected chi connectivity index (χ4v) is 2.47. The van der Waals surface area contributed by atoms with Gasteiger partial charge in [-0.25, -0.2) is 0 Å². The molecule has 0 fully saturated rings. The van der Waals surface area contributed by atoms with Crippen molar-refractivity contribution in [3.05, 3.63) is 58.6 Å². The summed E-state index contributed by atoms with van der Waals surface area (Å²) in [6.07, 6.45) is 0.0881. The van der Waals surface area contributed by atoms with Crippen molar-refractivity contribution in [3.8, 4) is 5.75 Å². The van der Waals surface area contributed by atoms with Crippen LogP contribution in [0.25, 0.3) is 0 Å². The Morgan fingerprint density at radius 3 is 2.48 bits per heavy atom. The standard InChI is InChI=1S/C19H20ClNO4/c1-3-24-15-9-7-14(8-10-15)11-18(23)25-12-17(22)21-19-13(2)5-4-6-16(19)20/h4-10H,3,11-12H2,1-2H3,(H,21,22). The first kappa shape index (κ1) is 18.8. The van der Waals surface area contributed by atoms with Gasteiger partial charge in [0.15, 0.2) is 6.61 Å². The van der Waals surface area contributed by atoms with Gasteiger partial charge in [-0.15, -0.1) is 0 Å². The minimum atomic E-state index is -0.477. The highest BCUT2D eigenvalue weighted by molar-refractivity contribution is 6.33. The largest absolute Gasteiger partial charge is 0.494 e. The summed E-state index contributed by atoms with van der Waals surface area (Å²) in [4.78, 5) is 23.8. The second kappa shape index (κ2) is 9.08. The van der Waals surface area contributed by atoms with Crippen molar-refractivity contribution in [2.24, 2.45) is 0 Å². The van der Waals surface area contributed by atoms with Crippen LogP contribution < -0.4 is 10.1 Å². The van der Waals surface area contributed by atoms with Gasteiger partial charge in [0.25, 0.3) is 5.91 Å². The van der Waals surface area contributed by atoms with E-state index in [0.29, 0.717) is 17.3 Å². The first-order chi connectivity index (χ1) is 12.0. The van der Waals surface area contributed by atoms with Crippen molar-refractivity contribution < 1.29 is 19.1 Å². The van der Waals surface area contributed by atoms with Crippen molar-refractivity contribution in [1.29, 1.82) is 0 Å². The predicted octanol–water partition coefficient (Wildman–Crippen LogP) is 3.77. The van der Waals surface area contributed by atoms with Gasteiger partial charge in [0.05, 0.1) is 23.7 Å². The highest BCUT2D eigenvalue weighted by Crippen LogP contribution is 2.25. The zero-order valence-corrected chi connectivity index (χ0v) is 14.9. The third kappa shape index (κ3) is 5.80. The molecule has 0 saturated heterocycles. The predicted molar refractivity (Wildman–Crippen MR) is 97.1 cm³/mol. The number of amides is 1. The number of rotatable bonds is 7. The van der Waals surface area contributed by atoms with Gasteiger partial charge in [-0.2, -0.15) is 0 Å². The summed E-state index contributed by atoms with van der Waals surface area (Å²) in [5.41, 5.74) is 2.15. The van der Waals surface area contributed by atoms with E-state index in [1.165, 1.54) is 0 Å². The molecule has 2 rings (SSSR count). The molecule has 6 heteroatoms. The molecule has 0 heterocycles. The summed E-state index contributed by atoms with van der Waals surface area (Å²) < 4.78 is 10.4. The number of benzene rings is 2. The lowest BCUT2D eigenvalue weighted by molar-refractivity contribution is -0.146. The Hall–Kier alpha value is -2.53. The third-order valence-electron chi connectivity index (χ3n) is 3.43. The number of ether oxygens (including phenoxy) is 2. The van der Waals surface area contributed by atoms with Crippen LogP contribution >= 0.6 is 11.6 Å². The van der Waals surface area contributed by atoms with Crippen molar-refractivity contribution >= 4 is 29.2 Å². The van der Waals surface area contributed by atoms with Gasteiger partial charge in [-0.05, 0) is 43.2 Å². The van der Waals surface area contributed by atoms with Gasteiger partial charge in [0.1, 0.15) is 5.75 Å². The number of hydrogen-bond acceptors (Lipinski definition) is 4. The molecule has 0 aliphatic heterocycles. The summed E-state index contributed by atoms with van der Waals surface area (Å²) >= 11 is 6.05. The molecule has 0 spiro atoms. The molecule has 0 aliphatic rings. The van der Waals surface area contributed by atoms with E-state index in [2.05, 4.69) is 5.32 Å². The Labute approximate surface area is 151 Å². The summed E-state index contributed by atoms with van der Waals surface area (Å²) in [5.74, 6) is -0.166. The van der Waals surface area contributed by atoms with E-state index in [1.54, 1.807) is 36.4 Å². The van der Waals surface area contributed by atoms with Crippen LogP contribution in [0.4, 0.5) is 5.69 Å². The van der Waals surface area contributed by atoms with Crippen LogP contribution in [-0.2, 0) is 20.7 Å². The van der Waals surface area contributed by atoms with Gasteiger partial charge in [-0.3, -0.25) is 9.59 Å². The van der Waals surface area contributed by atoms with Crippen molar-refractivity contribution in [1.82, 2.24) is 0 Å². The van der Waals surface area contributed by atoms with Crippen LogP contribution in [0.2, 0.25) is 5.02 Å². The second-order valence-electron chi connectivity index (χ2n) is 5.39. The minimum Gasteiger partial charge on any atom is -0.494 e. The second-order valence-corrected chi connectivity index (χ2v) is 5.80. The van der Waals surface area contributed by atoms with E-state index in [0.717, 1.165) is 16.9 Å². The molecular formula is C19H20ClNO4. The maximum atomic E-state index is 11.9. The zero-order valence-electron chi connectivity index (χ0n) is 14.2. The van der Waals surface area contributed by atoms with E-state index < -0.39 is 11.9 Å². The summed E-state index contributed by atoms with van der Waals surface area (Å²) in [7, 11) is 0. The molecule has 0 unspecified atom stereocenters. The molecule has 25 heavy (non-hydrogen) atoms. The first-order valence-electron chi connectivity index (χ1n) is 7.92. The van der Waals surface area contributed by atoms with E-state index in [1.807, 2.05) is 19.9 Å². The lowest BCUT2D eigenvalue weighted by Crippen LogP contribution is -2.22. The molecule has 2 aromatic rings. The van der Waals surface area contributed by atoms with Crippen LogP contribution in [-0.4, -0.2) is 25.1 Å². The molecule has 0 radical (unpaired) electrons. The average molecular weight is 362 g/mol. The summed E-state index contributed by atoms with van der Waals surface area (Å²) in [6, 6.07) is 12.5. The number of hydrogen-bond donors (Lipinski definition) is 1. The number of para-hydroxylation sites is 1. The zero-order chi connectivity index (χ0) is 18.2. The molecule has 0 aliphatic carbocycles. The molecular weight excluding hydrogens is 342 g/mol. The van der Waals surface area contributed by atoms with Gasteiger partial charge >= 0.3 is 5.97 Å². The van der Waals surface area contributed by atoms with Gasteiger partial charge < -0.3 is 14.8 Å². The molecule has 5 nitrogen and oxygen atoms in total. The van der Waals surface area contributed by atoms with Gasteiger partial charge in [0.2, 0.25) is 0 Å². The Bertz CT molecular complexity index is 723. The molecule has 0 bridgehead atoms. The molecule has 1 N–H and O–H groups in total. The van der Waals surface area contributed by atoms with Crippen LogP contribution in [0.15, 0.2) is 42.5 Å².